The zero-order chi connectivity index (χ0) is 55.5. The molecule has 0 saturated heterocycles. The molecule has 3 unspecified atom stereocenters. The van der Waals surface area contributed by atoms with Crippen molar-refractivity contribution in [3.05, 3.63) is 122 Å². The number of aliphatic hydroxyl groups is 1. The summed E-state index contributed by atoms with van der Waals surface area (Å²) in [7, 11) is -4.78. The van der Waals surface area contributed by atoms with E-state index in [0.29, 0.717) is 19.3 Å². The van der Waals surface area contributed by atoms with E-state index in [1.807, 2.05) is 18.2 Å². The Morgan fingerprint density at radius 1 is 0.382 bits per heavy atom. The van der Waals surface area contributed by atoms with Crippen LogP contribution in [0.1, 0.15) is 226 Å². The van der Waals surface area contributed by atoms with Gasteiger partial charge in [-0.2, -0.15) is 0 Å². The zero-order valence-corrected chi connectivity index (χ0v) is 48.6. The highest BCUT2D eigenvalue weighted by Crippen LogP contribution is 2.43. The lowest BCUT2D eigenvalue weighted by Gasteiger charge is -2.21. The number of carbonyl (C=O) groups is 3. The molecule has 432 valence electrons. The van der Waals surface area contributed by atoms with Crippen LogP contribution in [0.15, 0.2) is 122 Å². The Kier molecular flexibility index (Phi) is 54.0. The summed E-state index contributed by atoms with van der Waals surface area (Å²) in [4.78, 5) is 48.6. The lowest BCUT2D eigenvalue weighted by Crippen LogP contribution is -2.30. The summed E-state index contributed by atoms with van der Waals surface area (Å²) in [5.41, 5.74) is 0. The van der Waals surface area contributed by atoms with Gasteiger partial charge in [-0.3, -0.25) is 23.4 Å². The number of unbranched alkanes of at least 4 members (excludes halogenated alkanes) is 16. The highest BCUT2D eigenvalue weighted by Gasteiger charge is 2.28. The Morgan fingerprint density at radius 2 is 0.711 bits per heavy atom. The Bertz CT molecular complexity index is 1740. The number of phosphoric ester groups is 1. The minimum Gasteiger partial charge on any atom is -0.462 e. The van der Waals surface area contributed by atoms with Gasteiger partial charge in [0.25, 0.3) is 0 Å². The Morgan fingerprint density at radius 3 is 1.13 bits per heavy atom. The van der Waals surface area contributed by atoms with Crippen molar-refractivity contribution >= 4 is 25.7 Å². The van der Waals surface area contributed by atoms with Crippen molar-refractivity contribution in [2.45, 2.75) is 238 Å². The molecule has 0 aliphatic heterocycles. The summed E-state index contributed by atoms with van der Waals surface area (Å²) in [6, 6.07) is 0. The average molecular weight is 1080 g/mol. The minimum atomic E-state index is -4.78. The first-order chi connectivity index (χ1) is 37.2. The lowest BCUT2D eigenvalue weighted by molar-refractivity contribution is -0.161. The molecular formula is C64H105O11P. The number of carbonyl (C=O) groups excluding carboxylic acids is 3. The second kappa shape index (κ2) is 57.1. The molecule has 12 heteroatoms. The first-order valence-electron chi connectivity index (χ1n) is 29.4. The van der Waals surface area contributed by atoms with E-state index in [9.17, 15) is 28.9 Å². The van der Waals surface area contributed by atoms with Gasteiger partial charge in [-0.05, 0) is 116 Å². The SMILES string of the molecule is CC/C=C\C/C=C\C/C=C\C/C=C\CCC(=O)OC(CO)COP(=O)(O)OCC(COC(=O)CCCCCCCCC/C=C\C/C=C\C/C=C\CC)OC(=O)CCCCCCCC/C=C\C/C=C\C/C=C\CCCCC. The maximum atomic E-state index is 12.9. The number of aliphatic hydroxyl groups excluding tert-OH is 1. The number of hydrogen-bond donors (Lipinski definition) is 2. The van der Waals surface area contributed by atoms with Crippen LogP contribution in [0.25, 0.3) is 0 Å². The maximum absolute atomic E-state index is 12.9. The molecule has 2 N–H and O–H groups in total. The van der Waals surface area contributed by atoms with Gasteiger partial charge < -0.3 is 24.2 Å². The smallest absolute Gasteiger partial charge is 0.462 e. The van der Waals surface area contributed by atoms with Gasteiger partial charge in [0, 0.05) is 19.3 Å². The second-order valence-corrected chi connectivity index (χ2v) is 20.5. The topological polar surface area (TPSA) is 155 Å². The molecule has 11 nitrogen and oxygen atoms in total. The molecule has 0 fully saturated rings. The van der Waals surface area contributed by atoms with E-state index in [1.54, 1.807) is 0 Å². The molecule has 0 heterocycles. The molecule has 0 aromatic carbocycles. The van der Waals surface area contributed by atoms with Gasteiger partial charge in [0.1, 0.15) is 12.7 Å². The van der Waals surface area contributed by atoms with Crippen LogP contribution >= 0.6 is 7.82 Å². The summed E-state index contributed by atoms with van der Waals surface area (Å²) in [5.74, 6) is -1.59. The quantitative estimate of drug-likeness (QED) is 0.0197. The van der Waals surface area contributed by atoms with E-state index in [-0.39, 0.29) is 25.9 Å². The van der Waals surface area contributed by atoms with Gasteiger partial charge >= 0.3 is 25.7 Å². The van der Waals surface area contributed by atoms with Crippen LogP contribution in [0.4, 0.5) is 0 Å². The summed E-state index contributed by atoms with van der Waals surface area (Å²) >= 11 is 0. The maximum Gasteiger partial charge on any atom is 0.472 e. The molecule has 0 rings (SSSR count). The van der Waals surface area contributed by atoms with Crippen LogP contribution in [0, 0.1) is 0 Å². The summed E-state index contributed by atoms with van der Waals surface area (Å²) in [6.45, 7) is 4.27. The Labute approximate surface area is 462 Å². The average Bonchev–Trinajstić information content (AvgIpc) is 3.41. The third-order valence-electron chi connectivity index (χ3n) is 11.9. The van der Waals surface area contributed by atoms with Crippen molar-refractivity contribution in [2.24, 2.45) is 0 Å². The third-order valence-corrected chi connectivity index (χ3v) is 12.8. The number of rotatable bonds is 53. The summed E-state index contributed by atoms with van der Waals surface area (Å²) < 4.78 is 39.4. The van der Waals surface area contributed by atoms with Crippen molar-refractivity contribution < 1.29 is 52.2 Å². The predicted molar refractivity (Wildman–Crippen MR) is 316 cm³/mol. The van der Waals surface area contributed by atoms with E-state index < -0.39 is 57.8 Å². The first-order valence-corrected chi connectivity index (χ1v) is 30.9. The van der Waals surface area contributed by atoms with E-state index in [1.165, 1.54) is 38.5 Å². The van der Waals surface area contributed by atoms with Crippen LogP contribution in [-0.2, 0) is 42.2 Å². The number of ether oxygens (including phenoxy) is 3. The van der Waals surface area contributed by atoms with Crippen molar-refractivity contribution in [1.82, 2.24) is 0 Å². The molecule has 0 amide bonds. The summed E-state index contributed by atoms with van der Waals surface area (Å²) in [5, 5.41) is 9.80. The highest BCUT2D eigenvalue weighted by atomic mass is 31.2. The van der Waals surface area contributed by atoms with Crippen LogP contribution < -0.4 is 0 Å². The molecule has 0 saturated carbocycles. The Hall–Kier alpha value is -4.12. The van der Waals surface area contributed by atoms with Gasteiger partial charge in [-0.1, -0.05) is 213 Å². The monoisotopic (exact) mass is 1080 g/mol. The van der Waals surface area contributed by atoms with Crippen LogP contribution in [0.5, 0.6) is 0 Å². The van der Waals surface area contributed by atoms with Crippen molar-refractivity contribution in [1.29, 1.82) is 0 Å². The molecular weight excluding hydrogens is 976 g/mol. The molecule has 3 atom stereocenters. The normalized spacial score (nSPS) is 14.2. The first kappa shape index (κ1) is 71.9. The second-order valence-electron chi connectivity index (χ2n) is 19.0. The van der Waals surface area contributed by atoms with Crippen LogP contribution in [0.3, 0.4) is 0 Å². The molecule has 0 aromatic rings. The minimum absolute atomic E-state index is 0.0488. The van der Waals surface area contributed by atoms with Crippen LogP contribution in [-0.4, -0.2) is 66.5 Å². The molecule has 0 aromatic heterocycles. The molecule has 0 spiro atoms. The highest BCUT2D eigenvalue weighted by molar-refractivity contribution is 7.47. The van der Waals surface area contributed by atoms with Gasteiger partial charge in [0.15, 0.2) is 6.10 Å². The van der Waals surface area contributed by atoms with Gasteiger partial charge in [0.05, 0.1) is 19.8 Å². The fourth-order valence-corrected chi connectivity index (χ4v) is 8.23. The van der Waals surface area contributed by atoms with E-state index in [0.717, 1.165) is 128 Å². The molecule has 76 heavy (non-hydrogen) atoms. The van der Waals surface area contributed by atoms with Gasteiger partial charge in [-0.25, -0.2) is 4.57 Å². The fourth-order valence-electron chi connectivity index (χ4n) is 7.45. The van der Waals surface area contributed by atoms with Crippen molar-refractivity contribution in [3.63, 3.8) is 0 Å². The van der Waals surface area contributed by atoms with E-state index in [4.69, 9.17) is 23.3 Å². The molecule has 0 aliphatic rings. The number of esters is 3. The van der Waals surface area contributed by atoms with E-state index >= 15 is 0 Å². The molecule has 0 bridgehead atoms. The Balaban J connectivity index is 4.84. The summed E-state index contributed by atoms with van der Waals surface area (Å²) in [6.07, 6.45) is 70.3. The van der Waals surface area contributed by atoms with E-state index in [2.05, 4.69) is 124 Å². The van der Waals surface area contributed by atoms with Crippen molar-refractivity contribution in [2.75, 3.05) is 26.4 Å². The zero-order valence-electron chi connectivity index (χ0n) is 47.7. The number of allylic oxidation sites excluding steroid dienone is 20. The fraction of sp³-hybridized carbons (Fsp3) is 0.641. The van der Waals surface area contributed by atoms with Crippen LogP contribution in [0.2, 0.25) is 0 Å². The number of hydrogen-bond acceptors (Lipinski definition) is 10. The molecule has 0 radical (unpaired) electrons. The van der Waals surface area contributed by atoms with Gasteiger partial charge in [-0.15, -0.1) is 0 Å². The number of phosphoric acid groups is 1. The largest absolute Gasteiger partial charge is 0.472 e. The van der Waals surface area contributed by atoms with Gasteiger partial charge in [0.2, 0.25) is 0 Å². The molecule has 0 aliphatic carbocycles. The predicted octanol–water partition coefficient (Wildman–Crippen LogP) is 17.6. The standard InChI is InChI=1S/C64H105O11P/c1-4-7-10-13-16-19-22-25-27-29-30-32-34-37-40-43-46-49-52-55-64(68)75-61(57-71-62(66)53-50-47-44-41-38-36-33-31-28-26-23-20-17-14-11-8-5-2)59-73-76(69,70)72-58-60(56-65)74-63(67)54-51-48-45-42-39-35-24-21-18-15-12-9-6-3/h8-9,11-12,16-21,25-28,30,32,35,39,45,48,60-61,65H,4-7,10,13-15,22-24,29,31,33-34,36-38,40-44,46-47,49-59H2,1-3H3,(H,69,70)/b11-8-,12-9-,19-16-,20-17-,21-18-,27-25-,28-26-,32-30-,39-35-,48-45-. The lowest BCUT2D eigenvalue weighted by atomic mass is 10.1. The third kappa shape index (κ3) is 54.7. The van der Waals surface area contributed by atoms with Crippen molar-refractivity contribution in [3.8, 4) is 0 Å².